The molecule has 0 bridgehead atoms. The van der Waals surface area contributed by atoms with Gasteiger partial charge in [-0.15, -0.1) is 11.3 Å². The number of hydrogen-bond donors (Lipinski definition) is 1. The number of thiazole rings is 1. The average molecular weight is 259 g/mol. The van der Waals surface area contributed by atoms with E-state index in [-0.39, 0.29) is 0 Å². The van der Waals surface area contributed by atoms with Crippen LogP contribution in [0.3, 0.4) is 0 Å². The minimum atomic E-state index is 0.609. The van der Waals surface area contributed by atoms with E-state index in [0.717, 1.165) is 23.7 Å². The van der Waals surface area contributed by atoms with E-state index in [1.807, 2.05) is 24.4 Å². The van der Waals surface area contributed by atoms with Gasteiger partial charge in [0.15, 0.2) is 0 Å². The molecule has 94 valence electrons. The second-order valence-electron chi connectivity index (χ2n) is 4.71. The summed E-state index contributed by atoms with van der Waals surface area (Å²) in [6.07, 6.45) is 6.79. The quantitative estimate of drug-likeness (QED) is 0.921. The van der Waals surface area contributed by atoms with Crippen LogP contribution in [0, 0.1) is 0 Å². The third kappa shape index (κ3) is 2.76. The van der Waals surface area contributed by atoms with E-state index in [1.165, 1.54) is 25.0 Å². The molecule has 1 unspecified atom stereocenters. The Bertz CT molecular complexity index is 489. The number of hydrogen-bond acceptors (Lipinski definition) is 4. The van der Waals surface area contributed by atoms with Crippen molar-refractivity contribution in [2.45, 2.75) is 31.7 Å². The van der Waals surface area contributed by atoms with Crippen LogP contribution in [0.4, 0.5) is 0 Å². The lowest BCUT2D eigenvalue weighted by Gasteiger charge is -2.22. The number of rotatable bonds is 3. The van der Waals surface area contributed by atoms with Gasteiger partial charge in [0.25, 0.3) is 0 Å². The van der Waals surface area contributed by atoms with E-state index < -0.39 is 0 Å². The van der Waals surface area contributed by atoms with Crippen LogP contribution in [0.25, 0.3) is 10.7 Å². The summed E-state index contributed by atoms with van der Waals surface area (Å²) in [5.74, 6) is 0. The molecule has 3 rings (SSSR count). The van der Waals surface area contributed by atoms with Gasteiger partial charge in [0.1, 0.15) is 5.01 Å². The number of aromatic nitrogens is 2. The number of nitrogens with one attached hydrogen (secondary N) is 1. The highest BCUT2D eigenvalue weighted by Gasteiger charge is 2.15. The van der Waals surface area contributed by atoms with Crippen molar-refractivity contribution in [3.63, 3.8) is 0 Å². The molecule has 2 aromatic heterocycles. The first-order valence-corrected chi connectivity index (χ1v) is 7.39. The lowest BCUT2D eigenvalue weighted by atomic mass is 10.0. The summed E-state index contributed by atoms with van der Waals surface area (Å²) in [6.45, 7) is 1.15. The highest BCUT2D eigenvalue weighted by molar-refractivity contribution is 7.13. The topological polar surface area (TPSA) is 37.8 Å². The van der Waals surface area contributed by atoms with Crippen LogP contribution in [0.5, 0.6) is 0 Å². The van der Waals surface area contributed by atoms with E-state index in [9.17, 15) is 0 Å². The maximum Gasteiger partial charge on any atom is 0.142 e. The number of piperidine rings is 1. The van der Waals surface area contributed by atoms with E-state index in [1.54, 1.807) is 11.3 Å². The summed E-state index contributed by atoms with van der Waals surface area (Å²) in [7, 11) is 0. The fourth-order valence-corrected chi connectivity index (χ4v) is 3.17. The largest absolute Gasteiger partial charge is 0.314 e. The van der Waals surface area contributed by atoms with Crippen molar-refractivity contribution in [3.8, 4) is 10.7 Å². The standard InChI is InChI=1S/C14H17N3S/c1-3-7-15-11(5-1)9-12-10-18-14(17-12)13-6-2-4-8-16-13/h2,4,6,8,10-11,15H,1,3,5,7,9H2. The van der Waals surface area contributed by atoms with E-state index in [0.29, 0.717) is 6.04 Å². The summed E-state index contributed by atoms with van der Waals surface area (Å²) < 4.78 is 0. The van der Waals surface area contributed by atoms with Gasteiger partial charge in [-0.05, 0) is 31.5 Å². The van der Waals surface area contributed by atoms with Crippen LogP contribution in [0.15, 0.2) is 29.8 Å². The van der Waals surface area contributed by atoms with E-state index in [2.05, 4.69) is 15.7 Å². The molecule has 0 saturated carbocycles. The van der Waals surface area contributed by atoms with Crippen molar-refractivity contribution >= 4 is 11.3 Å². The molecule has 0 aromatic carbocycles. The van der Waals surface area contributed by atoms with Crippen LogP contribution in [-0.2, 0) is 6.42 Å². The maximum atomic E-state index is 4.69. The maximum absolute atomic E-state index is 4.69. The van der Waals surface area contributed by atoms with Crippen molar-refractivity contribution < 1.29 is 0 Å². The first kappa shape index (κ1) is 11.8. The molecule has 4 heteroatoms. The van der Waals surface area contributed by atoms with Crippen molar-refractivity contribution in [1.29, 1.82) is 0 Å². The zero-order chi connectivity index (χ0) is 12.2. The van der Waals surface area contributed by atoms with Crippen LogP contribution in [0.2, 0.25) is 0 Å². The molecule has 1 saturated heterocycles. The van der Waals surface area contributed by atoms with Crippen LogP contribution >= 0.6 is 11.3 Å². The van der Waals surface area contributed by atoms with Gasteiger partial charge in [0.05, 0.1) is 11.4 Å². The predicted octanol–water partition coefficient (Wildman–Crippen LogP) is 2.89. The summed E-state index contributed by atoms with van der Waals surface area (Å²) >= 11 is 1.69. The summed E-state index contributed by atoms with van der Waals surface area (Å²) in [6, 6.07) is 6.56. The van der Waals surface area contributed by atoms with Gasteiger partial charge >= 0.3 is 0 Å². The zero-order valence-corrected chi connectivity index (χ0v) is 11.1. The Labute approximate surface area is 111 Å². The second-order valence-corrected chi connectivity index (χ2v) is 5.57. The molecule has 1 atom stereocenters. The van der Waals surface area contributed by atoms with Crippen molar-refractivity contribution in [2.24, 2.45) is 0 Å². The minimum Gasteiger partial charge on any atom is -0.314 e. The lowest BCUT2D eigenvalue weighted by Crippen LogP contribution is -2.35. The number of pyridine rings is 1. The smallest absolute Gasteiger partial charge is 0.142 e. The van der Waals surface area contributed by atoms with E-state index >= 15 is 0 Å². The van der Waals surface area contributed by atoms with Gasteiger partial charge in [0, 0.05) is 24.0 Å². The third-order valence-corrected chi connectivity index (χ3v) is 4.22. The lowest BCUT2D eigenvalue weighted by molar-refractivity contribution is 0.397. The van der Waals surface area contributed by atoms with Crippen molar-refractivity contribution in [1.82, 2.24) is 15.3 Å². The Morgan fingerprint density at radius 2 is 2.33 bits per heavy atom. The SMILES string of the molecule is c1ccc(-c2nc(CC3CCCCN3)cs2)nc1. The van der Waals surface area contributed by atoms with Gasteiger partial charge in [0.2, 0.25) is 0 Å². The van der Waals surface area contributed by atoms with Crippen LogP contribution in [0.1, 0.15) is 25.0 Å². The molecule has 1 aliphatic rings. The molecule has 1 aliphatic heterocycles. The number of nitrogens with zero attached hydrogens (tertiary/aromatic N) is 2. The highest BCUT2D eigenvalue weighted by atomic mass is 32.1. The normalized spacial score (nSPS) is 19.9. The Balaban J connectivity index is 1.69. The first-order valence-electron chi connectivity index (χ1n) is 6.51. The molecule has 1 N–H and O–H groups in total. The molecule has 0 spiro atoms. The summed E-state index contributed by atoms with van der Waals surface area (Å²) in [5, 5.41) is 6.76. The minimum absolute atomic E-state index is 0.609. The Hall–Kier alpha value is -1.26. The van der Waals surface area contributed by atoms with Gasteiger partial charge < -0.3 is 5.32 Å². The van der Waals surface area contributed by atoms with Gasteiger partial charge in [-0.2, -0.15) is 0 Å². The Kier molecular flexibility index (Phi) is 3.67. The van der Waals surface area contributed by atoms with Crippen molar-refractivity contribution in [3.05, 3.63) is 35.5 Å². The van der Waals surface area contributed by atoms with Gasteiger partial charge in [-0.3, -0.25) is 4.98 Å². The molecule has 0 radical (unpaired) electrons. The molecule has 3 heterocycles. The van der Waals surface area contributed by atoms with Crippen LogP contribution < -0.4 is 5.32 Å². The monoisotopic (exact) mass is 259 g/mol. The molecule has 3 nitrogen and oxygen atoms in total. The predicted molar refractivity (Wildman–Crippen MR) is 74.7 cm³/mol. The molecule has 1 fully saturated rings. The molecular formula is C14H17N3S. The zero-order valence-electron chi connectivity index (χ0n) is 10.3. The first-order chi connectivity index (χ1) is 8.92. The Morgan fingerprint density at radius 3 is 3.11 bits per heavy atom. The van der Waals surface area contributed by atoms with Gasteiger partial charge in [-0.25, -0.2) is 4.98 Å². The highest BCUT2D eigenvalue weighted by Crippen LogP contribution is 2.22. The second kappa shape index (κ2) is 5.59. The molecule has 0 amide bonds. The fraction of sp³-hybridized carbons (Fsp3) is 0.429. The average Bonchev–Trinajstić information content (AvgIpc) is 2.89. The van der Waals surface area contributed by atoms with Crippen LogP contribution in [-0.4, -0.2) is 22.6 Å². The van der Waals surface area contributed by atoms with Crippen molar-refractivity contribution in [2.75, 3.05) is 6.54 Å². The molecule has 18 heavy (non-hydrogen) atoms. The molecular weight excluding hydrogens is 242 g/mol. The summed E-state index contributed by atoms with van der Waals surface area (Å²) in [5.41, 5.74) is 2.17. The van der Waals surface area contributed by atoms with E-state index in [4.69, 9.17) is 4.98 Å². The molecule has 2 aromatic rings. The summed E-state index contributed by atoms with van der Waals surface area (Å²) in [4.78, 5) is 9.03. The third-order valence-electron chi connectivity index (χ3n) is 3.30. The molecule has 0 aliphatic carbocycles. The van der Waals surface area contributed by atoms with Gasteiger partial charge in [-0.1, -0.05) is 12.5 Å². The Morgan fingerprint density at radius 1 is 1.33 bits per heavy atom. The fourth-order valence-electron chi connectivity index (χ4n) is 2.36.